The van der Waals surface area contributed by atoms with Gasteiger partial charge in [-0.25, -0.2) is 4.79 Å². The average Bonchev–Trinajstić information content (AvgIpc) is 2.59. The first-order valence-electron chi connectivity index (χ1n) is 7.18. The second kappa shape index (κ2) is 6.96. The van der Waals surface area contributed by atoms with Crippen molar-refractivity contribution >= 4 is 23.3 Å². The van der Waals surface area contributed by atoms with Crippen molar-refractivity contribution in [2.75, 3.05) is 38.1 Å². The highest BCUT2D eigenvalue weighted by Gasteiger charge is 2.20. The molecule has 2 rings (SSSR count). The van der Waals surface area contributed by atoms with Crippen molar-refractivity contribution in [2.24, 2.45) is 0 Å². The Morgan fingerprint density at radius 1 is 0.826 bits per heavy atom. The van der Waals surface area contributed by atoms with Crippen molar-refractivity contribution in [3.05, 3.63) is 59.7 Å². The van der Waals surface area contributed by atoms with Crippen LogP contribution in [0.15, 0.2) is 48.5 Å². The van der Waals surface area contributed by atoms with Gasteiger partial charge in [-0.15, -0.1) is 0 Å². The number of hydrogen-bond acceptors (Lipinski definition) is 4. The molecule has 0 aliphatic rings. The molecule has 23 heavy (non-hydrogen) atoms. The van der Waals surface area contributed by atoms with Crippen molar-refractivity contribution < 1.29 is 14.3 Å². The summed E-state index contributed by atoms with van der Waals surface area (Å²) >= 11 is 0. The van der Waals surface area contributed by atoms with Gasteiger partial charge in [0.15, 0.2) is 0 Å². The van der Waals surface area contributed by atoms with Crippen LogP contribution in [-0.4, -0.2) is 40.1 Å². The fourth-order valence-corrected chi connectivity index (χ4v) is 2.23. The van der Waals surface area contributed by atoms with E-state index < -0.39 is 5.97 Å². The zero-order valence-corrected chi connectivity index (χ0v) is 13.7. The summed E-state index contributed by atoms with van der Waals surface area (Å²) < 4.78 is 4.74. The van der Waals surface area contributed by atoms with E-state index in [0.29, 0.717) is 5.56 Å². The first-order valence-corrected chi connectivity index (χ1v) is 7.18. The van der Waals surface area contributed by atoms with Crippen LogP contribution in [0.4, 0.5) is 11.4 Å². The molecular formula is C18H20N2O3. The van der Waals surface area contributed by atoms with Gasteiger partial charge in [-0.3, -0.25) is 4.79 Å². The molecule has 0 aliphatic carbocycles. The molecule has 0 unspecified atom stereocenters. The van der Waals surface area contributed by atoms with Gasteiger partial charge in [-0.2, -0.15) is 0 Å². The Bertz CT molecular complexity index is 708. The number of carbonyl (C=O) groups excluding carboxylic acids is 2. The predicted octanol–water partition coefficient (Wildman–Crippen LogP) is 2.82. The Morgan fingerprint density at radius 3 is 1.87 bits per heavy atom. The van der Waals surface area contributed by atoms with Crippen molar-refractivity contribution in [1.29, 1.82) is 0 Å². The lowest BCUT2D eigenvalue weighted by Gasteiger charge is -2.20. The normalized spacial score (nSPS) is 10.1. The highest BCUT2D eigenvalue weighted by atomic mass is 16.5. The molecule has 0 fully saturated rings. The minimum atomic E-state index is -0.523. The van der Waals surface area contributed by atoms with E-state index in [1.165, 1.54) is 12.0 Å². The number of anilines is 2. The molecule has 0 atom stereocenters. The number of ether oxygens (including phenoxy) is 1. The van der Waals surface area contributed by atoms with Gasteiger partial charge in [0.1, 0.15) is 0 Å². The molecule has 0 heterocycles. The van der Waals surface area contributed by atoms with Crippen LogP contribution in [-0.2, 0) is 4.74 Å². The summed E-state index contributed by atoms with van der Waals surface area (Å²) in [7, 11) is 6.89. The van der Waals surface area contributed by atoms with E-state index in [2.05, 4.69) is 0 Å². The van der Waals surface area contributed by atoms with Crippen molar-refractivity contribution in [2.45, 2.75) is 0 Å². The van der Waals surface area contributed by atoms with Gasteiger partial charge in [-0.05, 0) is 36.4 Å². The van der Waals surface area contributed by atoms with E-state index in [-0.39, 0.29) is 11.5 Å². The molecule has 2 aromatic carbocycles. The Labute approximate surface area is 136 Å². The van der Waals surface area contributed by atoms with Gasteiger partial charge in [0.2, 0.25) is 0 Å². The maximum absolute atomic E-state index is 12.7. The van der Waals surface area contributed by atoms with Crippen molar-refractivity contribution in [3.8, 4) is 0 Å². The summed E-state index contributed by atoms with van der Waals surface area (Å²) in [5.41, 5.74) is 2.38. The quantitative estimate of drug-likeness (QED) is 0.815. The van der Waals surface area contributed by atoms with Crippen LogP contribution in [0.2, 0.25) is 0 Å². The first-order chi connectivity index (χ1) is 11.0. The lowest BCUT2D eigenvalue weighted by molar-refractivity contribution is 0.0597. The van der Waals surface area contributed by atoms with Crippen LogP contribution in [0.3, 0.4) is 0 Å². The third-order valence-corrected chi connectivity index (χ3v) is 3.62. The smallest absolute Gasteiger partial charge is 0.338 e. The topological polar surface area (TPSA) is 49.9 Å². The van der Waals surface area contributed by atoms with Crippen LogP contribution in [0.25, 0.3) is 0 Å². The van der Waals surface area contributed by atoms with Crippen molar-refractivity contribution in [1.82, 2.24) is 0 Å². The van der Waals surface area contributed by atoms with E-state index in [0.717, 1.165) is 11.4 Å². The molecule has 0 aromatic heterocycles. The third-order valence-electron chi connectivity index (χ3n) is 3.62. The molecule has 0 radical (unpaired) electrons. The minimum absolute atomic E-state index is 0.261. The third kappa shape index (κ3) is 3.51. The maximum Gasteiger partial charge on any atom is 0.338 e. The summed E-state index contributed by atoms with van der Waals surface area (Å²) in [6.07, 6.45) is 0. The van der Waals surface area contributed by atoms with Gasteiger partial charge in [0, 0.05) is 32.5 Å². The fraction of sp³-hybridized carbons (Fsp3) is 0.222. The number of methoxy groups -OCH3 is 1. The monoisotopic (exact) mass is 312 g/mol. The summed E-state index contributed by atoms with van der Waals surface area (Å²) in [6.45, 7) is 0. The van der Waals surface area contributed by atoms with E-state index in [9.17, 15) is 9.59 Å². The molecule has 5 nitrogen and oxygen atoms in total. The van der Waals surface area contributed by atoms with Gasteiger partial charge in [-0.1, -0.05) is 12.1 Å². The van der Waals surface area contributed by atoms with Crippen LogP contribution in [0.5, 0.6) is 0 Å². The largest absolute Gasteiger partial charge is 0.465 e. The van der Waals surface area contributed by atoms with Crippen LogP contribution < -0.4 is 9.80 Å². The Kier molecular flexibility index (Phi) is 5.01. The van der Waals surface area contributed by atoms with Gasteiger partial charge in [0.05, 0.1) is 18.2 Å². The molecule has 0 aliphatic heterocycles. The number of carbonyl (C=O) groups is 2. The first kappa shape index (κ1) is 16.5. The maximum atomic E-state index is 12.7. The summed E-state index contributed by atoms with van der Waals surface area (Å²) in [6, 6.07) is 14.2. The van der Waals surface area contributed by atoms with Crippen molar-refractivity contribution in [3.63, 3.8) is 0 Å². The van der Waals surface area contributed by atoms with E-state index in [1.54, 1.807) is 31.3 Å². The van der Waals surface area contributed by atoms with Crippen LogP contribution in [0.1, 0.15) is 20.7 Å². The molecule has 0 N–H and O–H groups in total. The average molecular weight is 312 g/mol. The predicted molar refractivity (Wildman–Crippen MR) is 91.3 cm³/mol. The SMILES string of the molecule is COC(=O)c1ccccc1C(=O)N(C)c1ccc(N(C)C)cc1. The van der Waals surface area contributed by atoms with Gasteiger partial charge < -0.3 is 14.5 Å². The van der Waals surface area contributed by atoms with Gasteiger partial charge >= 0.3 is 5.97 Å². The lowest BCUT2D eigenvalue weighted by atomic mass is 10.1. The Balaban J connectivity index is 2.31. The number of benzene rings is 2. The molecule has 2 aromatic rings. The molecule has 0 saturated carbocycles. The summed E-state index contributed by atoms with van der Waals surface area (Å²) in [5.74, 6) is -0.783. The van der Waals surface area contributed by atoms with Crippen LogP contribution in [0, 0.1) is 0 Å². The zero-order chi connectivity index (χ0) is 17.0. The van der Waals surface area contributed by atoms with E-state index >= 15 is 0 Å². The van der Waals surface area contributed by atoms with E-state index in [1.807, 2.05) is 43.3 Å². The van der Waals surface area contributed by atoms with Crippen LogP contribution >= 0.6 is 0 Å². The summed E-state index contributed by atoms with van der Waals surface area (Å²) in [4.78, 5) is 28.0. The Morgan fingerprint density at radius 2 is 1.35 bits per heavy atom. The number of esters is 1. The highest BCUT2D eigenvalue weighted by Crippen LogP contribution is 2.21. The standard InChI is InChI=1S/C18H20N2O3/c1-19(2)13-9-11-14(12-10-13)20(3)17(21)15-7-5-6-8-16(15)18(22)23-4/h5-12H,1-4H3. The van der Waals surface area contributed by atoms with E-state index in [4.69, 9.17) is 4.74 Å². The molecule has 1 amide bonds. The number of amides is 1. The van der Waals surface area contributed by atoms with Gasteiger partial charge in [0.25, 0.3) is 5.91 Å². The second-order valence-corrected chi connectivity index (χ2v) is 5.31. The lowest BCUT2D eigenvalue weighted by Crippen LogP contribution is -2.28. The molecule has 0 bridgehead atoms. The number of hydrogen-bond donors (Lipinski definition) is 0. The number of rotatable bonds is 4. The highest BCUT2D eigenvalue weighted by molar-refractivity contribution is 6.12. The molecule has 5 heteroatoms. The summed E-state index contributed by atoms with van der Waals surface area (Å²) in [5, 5.41) is 0. The molecule has 0 spiro atoms. The molecule has 0 saturated heterocycles. The molecule has 120 valence electrons. The Hall–Kier alpha value is -2.82. The zero-order valence-electron chi connectivity index (χ0n) is 13.7. The second-order valence-electron chi connectivity index (χ2n) is 5.31. The molecular weight excluding hydrogens is 292 g/mol. The number of nitrogens with zero attached hydrogens (tertiary/aromatic N) is 2. The minimum Gasteiger partial charge on any atom is -0.465 e. The fourth-order valence-electron chi connectivity index (χ4n) is 2.23.